The highest BCUT2D eigenvalue weighted by Gasteiger charge is 2.06. The third-order valence-corrected chi connectivity index (χ3v) is 7.77. The van der Waals surface area contributed by atoms with E-state index in [0.29, 0.717) is 45.7 Å². The van der Waals surface area contributed by atoms with E-state index in [2.05, 4.69) is 38.5 Å². The molecular weight excluding hydrogens is 787 g/mol. The van der Waals surface area contributed by atoms with Gasteiger partial charge in [0.2, 0.25) is 0 Å². The lowest BCUT2D eigenvalue weighted by atomic mass is 10.1. The van der Waals surface area contributed by atoms with Gasteiger partial charge in [0.25, 0.3) is 0 Å². The number of carbonyl (C=O) groups excluding carboxylic acids is 3. The molecule has 0 saturated carbocycles. The largest absolute Gasteiger partial charge is 0.489 e. The van der Waals surface area contributed by atoms with Gasteiger partial charge in [-0.1, -0.05) is 94.3 Å². The molecule has 0 heterocycles. The molecule has 0 aromatic heterocycles. The van der Waals surface area contributed by atoms with Crippen LogP contribution in [0.2, 0.25) is 0 Å². The predicted molar refractivity (Wildman–Crippen MR) is 201 cm³/mol. The highest BCUT2D eigenvalue weighted by atomic mass is 127. The zero-order valence-electron chi connectivity index (χ0n) is 28.0. The minimum atomic E-state index is -0.201. The predicted octanol–water partition coefficient (Wildman–Crippen LogP) is 8.76. The first-order valence-electron chi connectivity index (χ1n) is 15.8. The summed E-state index contributed by atoms with van der Waals surface area (Å²) >= 11 is 5.63. The second kappa shape index (κ2) is 23.6. The van der Waals surface area contributed by atoms with Gasteiger partial charge in [-0.15, -0.1) is 0 Å². The van der Waals surface area contributed by atoms with Crippen LogP contribution < -0.4 is 4.74 Å². The van der Waals surface area contributed by atoms with Crippen molar-refractivity contribution in [3.8, 4) is 5.75 Å². The Morgan fingerprint density at radius 2 is 1.00 bits per heavy atom. The number of esters is 3. The number of hydrogen-bond acceptors (Lipinski definition) is 7. The van der Waals surface area contributed by atoms with Crippen LogP contribution in [0.3, 0.4) is 0 Å². The smallest absolute Gasteiger partial charge is 0.310 e. The lowest BCUT2D eigenvalue weighted by Gasteiger charge is -2.08. The van der Waals surface area contributed by atoms with Crippen LogP contribution in [0.4, 0.5) is 0 Å². The number of aryl methyl sites for hydroxylation is 1. The summed E-state index contributed by atoms with van der Waals surface area (Å²) < 4.78 is 21.6. The molecule has 4 aromatic carbocycles. The fraction of sp³-hybridized carbons (Fsp3) is 0.308. The Morgan fingerprint density at radius 1 is 0.583 bits per heavy atom. The molecule has 4 rings (SSSR count). The molecule has 0 N–H and O–H groups in total. The average molecular weight is 832 g/mol. The van der Waals surface area contributed by atoms with Gasteiger partial charge in [0.05, 0.1) is 39.1 Å². The summed E-state index contributed by atoms with van der Waals surface area (Å²) in [7, 11) is 0. The number of halogens is 2. The van der Waals surface area contributed by atoms with Crippen molar-refractivity contribution < 1.29 is 33.3 Å². The first-order valence-corrected chi connectivity index (χ1v) is 18.0. The van der Waals surface area contributed by atoms with Gasteiger partial charge in [0.15, 0.2) is 0 Å². The van der Waals surface area contributed by atoms with Crippen LogP contribution in [-0.2, 0) is 59.8 Å². The van der Waals surface area contributed by atoms with Crippen molar-refractivity contribution >= 4 is 56.4 Å². The minimum Gasteiger partial charge on any atom is -0.489 e. The molecule has 0 bridgehead atoms. The molecule has 48 heavy (non-hydrogen) atoms. The molecular formula is C39H44BrIO7. The third kappa shape index (κ3) is 17.5. The Labute approximate surface area is 306 Å². The second-order valence-electron chi connectivity index (χ2n) is 10.5. The molecule has 0 atom stereocenters. The summed E-state index contributed by atoms with van der Waals surface area (Å²) in [4.78, 5) is 33.8. The standard InChI is InChI=1S/C17H17IO3.C11H13BrO2.C11H14O2/c1-2-20-17(19)11-13-4-3-5-14(10-13)12-21-16-8-6-15(18)7-9-16;1-2-14-11(13)7-9-4-3-5-10(6-9)8-12;1-3-13-11(12)8-10-6-4-5-9(2)7-10/h3-10H,2,11-12H2,1H3;3-6H,2,7-8H2,1H3;4-7H,3,8H2,1-2H3. The van der Waals surface area contributed by atoms with Crippen molar-refractivity contribution in [2.75, 3.05) is 19.8 Å². The van der Waals surface area contributed by atoms with E-state index in [1.165, 1.54) is 14.7 Å². The average Bonchev–Trinajstić information content (AvgIpc) is 3.06. The SMILES string of the molecule is CCOC(=O)Cc1cccc(C)c1.CCOC(=O)Cc1cccc(CBr)c1.CCOC(=O)Cc1cccc(COc2ccc(I)cc2)c1. The molecule has 0 saturated heterocycles. The molecule has 0 aliphatic heterocycles. The monoisotopic (exact) mass is 830 g/mol. The van der Waals surface area contributed by atoms with E-state index in [0.717, 1.165) is 33.3 Å². The van der Waals surface area contributed by atoms with Crippen molar-refractivity contribution in [1.29, 1.82) is 0 Å². The summed E-state index contributed by atoms with van der Waals surface area (Å²) in [5.41, 5.74) is 6.33. The van der Waals surface area contributed by atoms with Gasteiger partial charge in [-0.25, -0.2) is 0 Å². The molecule has 0 aliphatic rings. The molecule has 4 aromatic rings. The Kier molecular flexibility index (Phi) is 19.9. The van der Waals surface area contributed by atoms with E-state index in [-0.39, 0.29) is 17.9 Å². The maximum atomic E-state index is 11.5. The van der Waals surface area contributed by atoms with Crippen molar-refractivity contribution in [2.45, 2.75) is 58.9 Å². The van der Waals surface area contributed by atoms with E-state index in [1.54, 1.807) is 0 Å². The van der Waals surface area contributed by atoms with E-state index in [4.69, 9.17) is 18.9 Å². The number of rotatable bonds is 13. The van der Waals surface area contributed by atoms with E-state index in [1.807, 2.05) is 125 Å². The van der Waals surface area contributed by atoms with Crippen molar-refractivity contribution in [2.24, 2.45) is 0 Å². The van der Waals surface area contributed by atoms with Crippen LogP contribution in [0.15, 0.2) is 97.1 Å². The summed E-state index contributed by atoms with van der Waals surface area (Å²) in [5.74, 6) is 0.312. The van der Waals surface area contributed by atoms with Gasteiger partial charge in [-0.2, -0.15) is 0 Å². The Morgan fingerprint density at radius 3 is 1.46 bits per heavy atom. The van der Waals surface area contributed by atoms with Gasteiger partial charge in [-0.3, -0.25) is 14.4 Å². The van der Waals surface area contributed by atoms with E-state index in [9.17, 15) is 14.4 Å². The quantitative estimate of drug-likeness (QED) is 0.0577. The third-order valence-electron chi connectivity index (χ3n) is 6.40. The van der Waals surface area contributed by atoms with Gasteiger partial charge in [0.1, 0.15) is 12.4 Å². The van der Waals surface area contributed by atoms with Crippen LogP contribution in [0.25, 0.3) is 0 Å². The fourth-order valence-corrected chi connectivity index (χ4v) is 5.02. The summed E-state index contributed by atoms with van der Waals surface area (Å²) in [6.07, 6.45) is 1.02. The van der Waals surface area contributed by atoms with E-state index >= 15 is 0 Å². The molecule has 256 valence electrons. The van der Waals surface area contributed by atoms with Gasteiger partial charge >= 0.3 is 17.9 Å². The maximum absolute atomic E-state index is 11.5. The number of carbonyl (C=O) groups is 3. The molecule has 0 aliphatic carbocycles. The summed E-state index contributed by atoms with van der Waals surface area (Å²) in [6, 6.07) is 31.5. The lowest BCUT2D eigenvalue weighted by Crippen LogP contribution is -2.07. The van der Waals surface area contributed by atoms with Gasteiger partial charge in [0, 0.05) is 8.90 Å². The number of alkyl halides is 1. The second-order valence-corrected chi connectivity index (χ2v) is 12.3. The molecule has 0 unspecified atom stereocenters. The van der Waals surface area contributed by atoms with Crippen molar-refractivity contribution in [3.05, 3.63) is 134 Å². The Hall–Kier alpha value is -3.70. The summed E-state index contributed by atoms with van der Waals surface area (Å²) in [6.45, 7) is 9.23. The zero-order chi connectivity index (χ0) is 35.1. The van der Waals surface area contributed by atoms with Crippen LogP contribution in [0, 0.1) is 10.5 Å². The molecule has 7 nitrogen and oxygen atoms in total. The molecule has 0 spiro atoms. The fourth-order valence-electron chi connectivity index (χ4n) is 4.31. The maximum Gasteiger partial charge on any atom is 0.310 e. The molecule has 0 radical (unpaired) electrons. The van der Waals surface area contributed by atoms with Crippen LogP contribution in [0.5, 0.6) is 5.75 Å². The summed E-state index contributed by atoms with van der Waals surface area (Å²) in [5, 5.41) is 0.809. The lowest BCUT2D eigenvalue weighted by molar-refractivity contribution is -0.143. The minimum absolute atomic E-state index is 0.159. The first-order chi connectivity index (χ1) is 23.1. The first kappa shape index (κ1) is 40.5. The molecule has 0 fully saturated rings. The Bertz CT molecular complexity index is 1560. The van der Waals surface area contributed by atoms with Crippen LogP contribution in [0.1, 0.15) is 54.2 Å². The van der Waals surface area contributed by atoms with Crippen molar-refractivity contribution in [1.82, 2.24) is 0 Å². The van der Waals surface area contributed by atoms with Crippen LogP contribution in [-0.4, -0.2) is 37.7 Å². The number of hydrogen-bond donors (Lipinski definition) is 0. The normalized spacial score (nSPS) is 9.96. The van der Waals surface area contributed by atoms with E-state index < -0.39 is 0 Å². The highest BCUT2D eigenvalue weighted by Crippen LogP contribution is 2.16. The number of ether oxygens (including phenoxy) is 4. The number of benzene rings is 4. The Balaban J connectivity index is 0.000000261. The molecule has 9 heteroatoms. The van der Waals surface area contributed by atoms with Crippen LogP contribution >= 0.6 is 38.5 Å². The van der Waals surface area contributed by atoms with Gasteiger partial charge < -0.3 is 18.9 Å². The van der Waals surface area contributed by atoms with Gasteiger partial charge in [-0.05, 0) is 102 Å². The topological polar surface area (TPSA) is 88.1 Å². The van der Waals surface area contributed by atoms with Crippen molar-refractivity contribution in [3.63, 3.8) is 0 Å². The zero-order valence-corrected chi connectivity index (χ0v) is 31.8. The highest BCUT2D eigenvalue weighted by molar-refractivity contribution is 14.1. The molecule has 0 amide bonds.